The molecule has 0 bridgehead atoms. The van der Waals surface area contributed by atoms with Gasteiger partial charge in [0.25, 0.3) is 0 Å². The van der Waals surface area contributed by atoms with E-state index in [0.717, 1.165) is 17.7 Å². The van der Waals surface area contributed by atoms with E-state index in [4.69, 9.17) is 4.74 Å². The number of hydrogen-bond acceptors (Lipinski definition) is 6. The van der Waals surface area contributed by atoms with Gasteiger partial charge in [0.15, 0.2) is 0 Å². The summed E-state index contributed by atoms with van der Waals surface area (Å²) in [4.78, 5) is 26.1. The lowest BCUT2D eigenvalue weighted by molar-refractivity contribution is -0.126. The lowest BCUT2D eigenvalue weighted by atomic mass is 9.95. The minimum atomic E-state index is -3.87. The zero-order chi connectivity index (χ0) is 22.7. The first-order chi connectivity index (χ1) is 15.4. The number of thioether (sulfide) groups is 1. The Labute approximate surface area is 192 Å². The van der Waals surface area contributed by atoms with Crippen molar-refractivity contribution in [2.24, 2.45) is 5.92 Å². The largest absolute Gasteiger partial charge is 0.465 e. The zero-order valence-corrected chi connectivity index (χ0v) is 19.5. The predicted molar refractivity (Wildman–Crippen MR) is 122 cm³/mol. The van der Waals surface area contributed by atoms with E-state index in [0.29, 0.717) is 12.8 Å². The van der Waals surface area contributed by atoms with Gasteiger partial charge in [0.05, 0.1) is 23.6 Å². The van der Waals surface area contributed by atoms with Crippen LogP contribution >= 0.6 is 11.8 Å². The molecule has 1 amide bonds. The topological polar surface area (TPSA) is 92.8 Å². The number of fused-ring (bicyclic) bond motifs is 1. The number of rotatable bonds is 5. The van der Waals surface area contributed by atoms with Crippen LogP contribution in [0.3, 0.4) is 0 Å². The van der Waals surface area contributed by atoms with Gasteiger partial charge in [-0.1, -0.05) is 30.3 Å². The molecule has 1 atom stereocenters. The van der Waals surface area contributed by atoms with Crippen LogP contribution in [0.25, 0.3) is 0 Å². The number of piperidine rings is 1. The third kappa shape index (κ3) is 4.55. The molecule has 2 aliphatic heterocycles. The Morgan fingerprint density at radius 3 is 2.47 bits per heavy atom. The Morgan fingerprint density at radius 1 is 1.03 bits per heavy atom. The molecule has 0 aromatic heterocycles. The summed E-state index contributed by atoms with van der Waals surface area (Å²) < 4.78 is 32.4. The average Bonchev–Trinajstić information content (AvgIpc) is 2.84. The van der Waals surface area contributed by atoms with Gasteiger partial charge in [0.2, 0.25) is 15.9 Å². The van der Waals surface area contributed by atoms with Crippen molar-refractivity contribution in [1.29, 1.82) is 0 Å². The molecule has 0 radical (unpaired) electrons. The molecule has 0 unspecified atom stereocenters. The summed E-state index contributed by atoms with van der Waals surface area (Å²) in [6.45, 7) is 0.458. The molecule has 2 heterocycles. The van der Waals surface area contributed by atoms with Crippen LogP contribution in [0.1, 0.15) is 41.2 Å². The fraction of sp³-hybridized carbons (Fsp3) is 0.391. The molecule has 1 saturated heterocycles. The Balaban J connectivity index is 1.42. The van der Waals surface area contributed by atoms with Gasteiger partial charge in [0, 0.05) is 29.7 Å². The van der Waals surface area contributed by atoms with Crippen molar-refractivity contribution in [2.45, 2.75) is 35.1 Å². The predicted octanol–water partition coefficient (Wildman–Crippen LogP) is 3.23. The van der Waals surface area contributed by atoms with E-state index < -0.39 is 16.0 Å². The highest BCUT2D eigenvalue weighted by atomic mass is 32.2. The second-order valence-corrected chi connectivity index (χ2v) is 10.9. The first-order valence-electron chi connectivity index (χ1n) is 10.6. The number of nitrogens with zero attached hydrogens (tertiary/aromatic N) is 1. The van der Waals surface area contributed by atoms with Crippen molar-refractivity contribution in [3.63, 3.8) is 0 Å². The number of esters is 1. The minimum Gasteiger partial charge on any atom is -0.465 e. The Morgan fingerprint density at radius 2 is 1.72 bits per heavy atom. The van der Waals surface area contributed by atoms with Crippen molar-refractivity contribution in [3.05, 3.63) is 59.7 Å². The zero-order valence-electron chi connectivity index (χ0n) is 17.8. The molecule has 170 valence electrons. The average molecular weight is 475 g/mol. The van der Waals surface area contributed by atoms with E-state index in [1.54, 1.807) is 23.9 Å². The number of amides is 1. The van der Waals surface area contributed by atoms with Crippen LogP contribution in [0, 0.1) is 5.92 Å². The molecule has 2 aromatic carbocycles. The fourth-order valence-electron chi connectivity index (χ4n) is 4.25. The highest BCUT2D eigenvalue weighted by Crippen LogP contribution is 2.36. The van der Waals surface area contributed by atoms with E-state index in [1.807, 2.05) is 12.1 Å². The molecule has 2 aliphatic rings. The van der Waals surface area contributed by atoms with Gasteiger partial charge in [0.1, 0.15) is 0 Å². The van der Waals surface area contributed by atoms with Gasteiger partial charge in [-0.15, -0.1) is 11.8 Å². The van der Waals surface area contributed by atoms with Crippen LogP contribution < -0.4 is 5.32 Å². The van der Waals surface area contributed by atoms with E-state index in [-0.39, 0.29) is 41.4 Å². The van der Waals surface area contributed by atoms with E-state index >= 15 is 0 Å². The lowest BCUT2D eigenvalue weighted by Crippen LogP contribution is -2.44. The van der Waals surface area contributed by atoms with E-state index in [1.165, 1.54) is 28.4 Å². The molecular weight excluding hydrogens is 448 g/mol. The minimum absolute atomic E-state index is 0.00588. The van der Waals surface area contributed by atoms with Gasteiger partial charge in [-0.3, -0.25) is 4.79 Å². The van der Waals surface area contributed by atoms with Crippen LogP contribution in [0.5, 0.6) is 0 Å². The van der Waals surface area contributed by atoms with Gasteiger partial charge < -0.3 is 10.1 Å². The number of methoxy groups -OCH3 is 1. The molecule has 4 rings (SSSR count). The second-order valence-electron chi connectivity index (χ2n) is 7.90. The second kappa shape index (κ2) is 9.64. The molecule has 1 fully saturated rings. The smallest absolute Gasteiger partial charge is 0.339 e. The lowest BCUT2D eigenvalue weighted by Gasteiger charge is -2.32. The van der Waals surface area contributed by atoms with Gasteiger partial charge in [-0.05, 0) is 43.0 Å². The van der Waals surface area contributed by atoms with Gasteiger partial charge in [-0.25, -0.2) is 13.2 Å². The number of sulfonamides is 1. The molecule has 0 spiro atoms. The Hall–Kier alpha value is -2.36. The molecule has 0 aliphatic carbocycles. The quantitative estimate of drug-likeness (QED) is 0.669. The number of benzene rings is 2. The number of carbonyl (C=O) groups excluding carboxylic acids is 2. The summed E-state index contributed by atoms with van der Waals surface area (Å²) in [7, 11) is -2.64. The molecule has 2 aromatic rings. The molecule has 1 N–H and O–H groups in total. The number of hydrogen-bond donors (Lipinski definition) is 1. The first kappa shape index (κ1) is 22.8. The van der Waals surface area contributed by atoms with Crippen LogP contribution in [0.2, 0.25) is 0 Å². The molecule has 0 saturated carbocycles. The van der Waals surface area contributed by atoms with Gasteiger partial charge in [-0.2, -0.15) is 4.31 Å². The van der Waals surface area contributed by atoms with Crippen LogP contribution in [-0.2, 0) is 19.6 Å². The number of nitrogens with one attached hydrogen (secondary N) is 1. The summed E-state index contributed by atoms with van der Waals surface area (Å²) >= 11 is 1.80. The summed E-state index contributed by atoms with van der Waals surface area (Å²) in [6, 6.07) is 14.2. The van der Waals surface area contributed by atoms with Crippen molar-refractivity contribution in [1.82, 2.24) is 9.62 Å². The van der Waals surface area contributed by atoms with Crippen LogP contribution in [0.15, 0.2) is 58.3 Å². The van der Waals surface area contributed by atoms with Crippen molar-refractivity contribution >= 4 is 33.7 Å². The highest BCUT2D eigenvalue weighted by molar-refractivity contribution is 7.99. The highest BCUT2D eigenvalue weighted by Gasteiger charge is 2.35. The van der Waals surface area contributed by atoms with Crippen LogP contribution in [-0.4, -0.2) is 50.6 Å². The van der Waals surface area contributed by atoms with Crippen molar-refractivity contribution in [3.8, 4) is 0 Å². The maximum atomic E-state index is 13.2. The molecule has 9 heteroatoms. The number of ether oxygens (including phenoxy) is 1. The molecule has 7 nitrogen and oxygen atoms in total. The Kier molecular flexibility index (Phi) is 6.88. The van der Waals surface area contributed by atoms with Gasteiger partial charge >= 0.3 is 5.97 Å². The first-order valence-corrected chi connectivity index (χ1v) is 13.0. The fourth-order valence-corrected chi connectivity index (χ4v) is 7.02. The third-order valence-electron chi connectivity index (χ3n) is 6.01. The van der Waals surface area contributed by atoms with Crippen molar-refractivity contribution < 1.29 is 22.7 Å². The third-order valence-corrected chi connectivity index (χ3v) is 9.09. The van der Waals surface area contributed by atoms with E-state index in [9.17, 15) is 18.0 Å². The Bertz CT molecular complexity index is 1110. The SMILES string of the molecule is COC(=O)c1ccccc1S(=O)(=O)N1CCC(C(=O)N[C@@H]2CCSc3ccccc32)CC1. The van der Waals surface area contributed by atoms with Crippen LogP contribution in [0.4, 0.5) is 0 Å². The van der Waals surface area contributed by atoms with Crippen molar-refractivity contribution in [2.75, 3.05) is 26.0 Å². The maximum Gasteiger partial charge on any atom is 0.339 e. The standard InChI is InChI=1S/C23H26N2O5S2/c1-30-23(27)18-7-3-5-9-21(18)32(28,29)25-13-10-16(11-14-25)22(26)24-19-12-15-31-20-8-4-2-6-17(19)20/h2-9,16,19H,10-15H2,1H3,(H,24,26)/t19-/m1/s1. The monoisotopic (exact) mass is 474 g/mol. The maximum absolute atomic E-state index is 13.2. The molecular formula is C23H26N2O5S2. The summed E-state index contributed by atoms with van der Waals surface area (Å²) in [5.74, 6) is 0.00486. The van der Waals surface area contributed by atoms with E-state index in [2.05, 4.69) is 17.4 Å². The molecule has 32 heavy (non-hydrogen) atoms. The normalized spacial score (nSPS) is 19.7. The summed E-state index contributed by atoms with van der Waals surface area (Å²) in [5.41, 5.74) is 1.17. The summed E-state index contributed by atoms with van der Waals surface area (Å²) in [6.07, 6.45) is 1.76. The summed E-state index contributed by atoms with van der Waals surface area (Å²) in [5, 5.41) is 3.18. The number of carbonyl (C=O) groups is 2.